The van der Waals surface area contributed by atoms with Gasteiger partial charge >= 0.3 is 13.6 Å². The molecule has 0 unspecified atom stereocenters. The third-order valence-corrected chi connectivity index (χ3v) is 9.07. The van der Waals surface area contributed by atoms with Crippen LogP contribution in [0.4, 0.5) is 17.3 Å². The fourth-order valence-electron chi connectivity index (χ4n) is 5.47. The number of carbonyl (C=O) groups is 1. The number of hydrogen-bond donors (Lipinski definition) is 2. The zero-order valence-corrected chi connectivity index (χ0v) is 27.6. The molecule has 2 aliphatic rings. The molecule has 0 radical (unpaired) electrons. The first-order chi connectivity index (χ1) is 23.6. The fraction of sp³-hybridized carbons (Fsp3) is 0.400. The molecule has 2 aromatic carbocycles. The van der Waals surface area contributed by atoms with Crippen LogP contribution in [0.3, 0.4) is 0 Å². The van der Waals surface area contributed by atoms with E-state index >= 15 is 0 Å². The lowest BCUT2D eigenvalue weighted by molar-refractivity contribution is -0.198. The molecule has 258 valence electrons. The van der Waals surface area contributed by atoms with E-state index in [9.17, 15) is 19.7 Å². The molecule has 49 heavy (non-hydrogen) atoms. The second-order valence-electron chi connectivity index (χ2n) is 11.5. The van der Waals surface area contributed by atoms with Crippen molar-refractivity contribution in [3.8, 4) is 0 Å². The summed E-state index contributed by atoms with van der Waals surface area (Å²) >= 11 is 0. The van der Waals surface area contributed by atoms with E-state index in [0.29, 0.717) is 11.4 Å². The van der Waals surface area contributed by atoms with Crippen LogP contribution < -0.4 is 15.7 Å². The molecule has 4 aromatic rings. The van der Waals surface area contributed by atoms with Crippen molar-refractivity contribution in [3.05, 3.63) is 87.8 Å². The van der Waals surface area contributed by atoms with Gasteiger partial charge in [0.1, 0.15) is 38.0 Å². The van der Waals surface area contributed by atoms with Crippen LogP contribution in [-0.2, 0) is 44.3 Å². The summed E-state index contributed by atoms with van der Waals surface area (Å²) < 4.78 is 52.0. The number of ether oxygens (including phenoxy) is 5. The van der Waals surface area contributed by atoms with Crippen molar-refractivity contribution in [2.45, 2.75) is 57.8 Å². The number of rotatable bonds is 14. The number of aromatic nitrogens is 4. The lowest BCUT2D eigenvalue weighted by Crippen LogP contribution is -2.33. The van der Waals surface area contributed by atoms with Gasteiger partial charge in [-0.15, -0.1) is 0 Å². The van der Waals surface area contributed by atoms with E-state index in [2.05, 4.69) is 30.2 Å². The van der Waals surface area contributed by atoms with Crippen LogP contribution in [0.2, 0.25) is 0 Å². The van der Waals surface area contributed by atoms with Crippen molar-refractivity contribution in [3.63, 3.8) is 0 Å². The molecule has 2 aromatic heterocycles. The summed E-state index contributed by atoms with van der Waals surface area (Å²) in [6, 6.07) is 17.9. The van der Waals surface area contributed by atoms with E-state index in [0.717, 1.165) is 4.57 Å². The number of nitrogens with one attached hydrogen (secondary N) is 2. The molecule has 2 N–H and O–H groups in total. The van der Waals surface area contributed by atoms with Gasteiger partial charge < -0.3 is 23.7 Å². The van der Waals surface area contributed by atoms with Crippen LogP contribution in [0, 0.1) is 0 Å². The van der Waals surface area contributed by atoms with Gasteiger partial charge in [-0.3, -0.25) is 33.4 Å². The highest BCUT2D eigenvalue weighted by Crippen LogP contribution is 2.50. The Morgan fingerprint density at radius 1 is 1.06 bits per heavy atom. The first kappa shape index (κ1) is 34.1. The van der Waals surface area contributed by atoms with Gasteiger partial charge in [-0.25, -0.2) is 14.5 Å². The van der Waals surface area contributed by atoms with Gasteiger partial charge in [0.05, 0.1) is 13.2 Å². The van der Waals surface area contributed by atoms with Gasteiger partial charge in [-0.05, 0) is 48.8 Å². The summed E-state index contributed by atoms with van der Waals surface area (Å²) in [5, 5.41) is 9.66. The monoisotopic (exact) mass is 695 g/mol. The number of nitrogens with zero attached hydrogens (tertiary/aromatic N) is 7. The molecule has 18 nitrogen and oxygen atoms in total. The van der Waals surface area contributed by atoms with Gasteiger partial charge in [0.2, 0.25) is 5.95 Å². The van der Waals surface area contributed by atoms with Gasteiger partial charge in [0, 0.05) is 23.2 Å². The molecule has 4 heterocycles. The smallest absolute Gasteiger partial charge is 0.391 e. The van der Waals surface area contributed by atoms with Crippen LogP contribution in [0.5, 0.6) is 0 Å². The lowest BCUT2D eigenvalue weighted by atomic mass is 10.1. The van der Waals surface area contributed by atoms with E-state index in [-0.39, 0.29) is 43.7 Å². The van der Waals surface area contributed by atoms with Crippen molar-refractivity contribution >= 4 is 42.1 Å². The number of azide groups is 1. The highest BCUT2D eigenvalue weighted by atomic mass is 31.2. The predicted octanol–water partition coefficient (Wildman–Crippen LogP) is 4.84. The molecular weight excluding hydrogens is 661 g/mol. The third kappa shape index (κ3) is 7.76. The van der Waals surface area contributed by atoms with Crippen LogP contribution in [0.1, 0.15) is 27.0 Å². The zero-order valence-electron chi connectivity index (χ0n) is 26.7. The molecule has 0 amide bonds. The van der Waals surface area contributed by atoms with Crippen LogP contribution in [-0.4, -0.2) is 69.0 Å². The topological polar surface area (TPSA) is 215 Å². The van der Waals surface area contributed by atoms with Crippen LogP contribution in [0.15, 0.2) is 76.9 Å². The Hall–Kier alpha value is -4.80. The maximum atomic E-state index is 14.2. The lowest BCUT2D eigenvalue weighted by Gasteiger charge is -2.27. The molecular formula is C30H34N9O9P. The Morgan fingerprint density at radius 3 is 2.35 bits per heavy atom. The first-order valence-electron chi connectivity index (χ1n) is 15.2. The normalized spacial score (nSPS) is 21.2. The maximum Gasteiger partial charge on any atom is 0.391 e. The summed E-state index contributed by atoms with van der Waals surface area (Å²) in [5.41, 5.74) is 9.86. The molecule has 6 rings (SSSR count). The predicted molar refractivity (Wildman–Crippen MR) is 175 cm³/mol. The summed E-state index contributed by atoms with van der Waals surface area (Å²) in [6.45, 7) is 4.39. The molecule has 2 fully saturated rings. The minimum atomic E-state index is -3.81. The minimum Gasteiger partial charge on any atom is -0.463 e. The number of hydrogen-bond acceptors (Lipinski definition) is 12. The van der Waals surface area contributed by atoms with E-state index in [1.54, 1.807) is 62.4 Å². The number of fused-ring (bicyclic) bond motifs is 2. The van der Waals surface area contributed by atoms with E-state index in [1.807, 2.05) is 12.1 Å². The van der Waals surface area contributed by atoms with Crippen molar-refractivity contribution in [2.75, 3.05) is 30.0 Å². The molecule has 2 saturated heterocycles. The number of imidazole rings is 1. The number of para-hydroxylation sites is 2. The van der Waals surface area contributed by atoms with Crippen molar-refractivity contribution in [1.82, 2.24) is 19.1 Å². The average molecular weight is 696 g/mol. The van der Waals surface area contributed by atoms with E-state index in [1.165, 1.54) is 17.8 Å². The molecule has 19 heteroatoms. The van der Waals surface area contributed by atoms with Crippen molar-refractivity contribution < 1.29 is 37.6 Å². The second kappa shape index (κ2) is 14.4. The Morgan fingerprint density at radius 2 is 1.71 bits per heavy atom. The van der Waals surface area contributed by atoms with Gasteiger partial charge in [0.15, 0.2) is 23.2 Å². The Kier molecular flexibility index (Phi) is 9.99. The van der Waals surface area contributed by atoms with E-state index < -0.39 is 49.5 Å². The fourth-order valence-corrected chi connectivity index (χ4v) is 6.99. The number of benzene rings is 2. The van der Waals surface area contributed by atoms with Gasteiger partial charge in [0.25, 0.3) is 5.56 Å². The Balaban J connectivity index is 1.28. The second-order valence-corrected chi connectivity index (χ2v) is 13.3. The highest BCUT2D eigenvalue weighted by molar-refractivity contribution is 7.62. The highest BCUT2D eigenvalue weighted by Gasteiger charge is 2.57. The van der Waals surface area contributed by atoms with Crippen LogP contribution in [0.25, 0.3) is 21.6 Å². The Bertz CT molecular complexity index is 1910. The summed E-state index contributed by atoms with van der Waals surface area (Å²) in [4.78, 5) is 35.9. The van der Waals surface area contributed by atoms with Gasteiger partial charge in [-0.2, -0.15) is 0 Å². The summed E-state index contributed by atoms with van der Waals surface area (Å²) in [5.74, 6) is -1.70. The molecule has 0 bridgehead atoms. The number of carbonyl (C=O) groups excluding carboxylic acids is 1. The SMILES string of the molecule is CC(=O)OCCOCn1cnc2c(nc(N=[N+]=[N-])n2[C@@H]2O[C@H](COP(=O)(Nc3ccccc3)Nc3ccccc3)[C@H]3OC(C)(C)O[C@H]32)c1=O. The molecule has 4 atom stereocenters. The minimum absolute atomic E-state index is 0.0143. The average Bonchev–Trinajstić information content (AvgIpc) is 3.70. The Labute approximate surface area is 279 Å². The molecule has 0 saturated carbocycles. The number of esters is 1. The third-order valence-electron chi connectivity index (χ3n) is 7.45. The number of anilines is 2. The summed E-state index contributed by atoms with van der Waals surface area (Å²) in [7, 11) is -3.81. The molecule has 0 spiro atoms. The van der Waals surface area contributed by atoms with Gasteiger partial charge in [-0.1, -0.05) is 36.4 Å². The van der Waals surface area contributed by atoms with Crippen molar-refractivity contribution in [2.24, 2.45) is 5.11 Å². The van der Waals surface area contributed by atoms with E-state index in [4.69, 9.17) is 28.2 Å². The maximum absolute atomic E-state index is 14.2. The standard InChI is InChI=1S/C30H34N9O9P/c1-19(40)44-15-14-43-18-38-17-32-26-23(27(38)41)33-29(34-37-31)39(26)28-25-24(47-30(2,3)48-25)22(46-28)16-45-49(42,35-20-10-6-4-7-11-20)36-21-12-8-5-9-13-21/h4-13,17,22,24-25,28H,14-16,18H2,1-3H3,(H2,35,36,42)/t22-,24-,25-,28-/m1/s1. The summed E-state index contributed by atoms with van der Waals surface area (Å²) in [6.07, 6.45) is -2.17. The van der Waals surface area contributed by atoms with Crippen molar-refractivity contribution in [1.29, 1.82) is 0 Å². The largest absolute Gasteiger partial charge is 0.463 e. The zero-order chi connectivity index (χ0) is 34.6. The van der Waals surface area contributed by atoms with Crippen LogP contribution >= 0.6 is 7.67 Å². The quantitative estimate of drug-likeness (QED) is 0.0452. The molecule has 0 aliphatic carbocycles. The molecule has 2 aliphatic heterocycles. The first-order valence-corrected chi connectivity index (χ1v) is 16.8.